The molecule has 1 atom stereocenters. The Morgan fingerprint density at radius 3 is 2.93 bits per heavy atom. The van der Waals surface area contributed by atoms with E-state index >= 15 is 0 Å². The van der Waals surface area contributed by atoms with Gasteiger partial charge in [0.05, 0.1) is 11.3 Å². The van der Waals surface area contributed by atoms with Gasteiger partial charge < -0.3 is 4.90 Å². The standard InChI is InChI=1S/C22H23N3OS/c1-15-10-11-16-6-3-5-9-20(16)25(15)21(26)14-27-22-18(13-23)12-17-7-2-4-8-19(17)24-22/h3,5-6,9,12,15H,2,4,7-8,10-11,14H2,1H3. The SMILES string of the molecule is CC1CCc2ccccc2N1C(=O)CSc1nc2c(cc1C#N)CCCC2. The molecule has 4 nitrogen and oxygen atoms in total. The summed E-state index contributed by atoms with van der Waals surface area (Å²) in [5, 5.41) is 10.2. The molecule has 0 radical (unpaired) electrons. The summed E-state index contributed by atoms with van der Waals surface area (Å²) in [6, 6.07) is 12.6. The Labute approximate surface area is 164 Å². The van der Waals surface area contributed by atoms with Gasteiger partial charge in [0, 0.05) is 17.4 Å². The number of aryl methyl sites for hydroxylation is 3. The van der Waals surface area contributed by atoms with Crippen molar-refractivity contribution in [2.24, 2.45) is 0 Å². The number of amides is 1. The van der Waals surface area contributed by atoms with Crippen molar-refractivity contribution in [1.29, 1.82) is 5.26 Å². The first-order chi connectivity index (χ1) is 13.2. The quantitative estimate of drug-likeness (QED) is 0.749. The van der Waals surface area contributed by atoms with Crippen LogP contribution in [0.4, 0.5) is 5.69 Å². The van der Waals surface area contributed by atoms with Crippen molar-refractivity contribution in [2.45, 2.75) is 56.5 Å². The van der Waals surface area contributed by atoms with Crippen molar-refractivity contribution in [2.75, 3.05) is 10.7 Å². The lowest BCUT2D eigenvalue weighted by atomic mass is 9.95. The van der Waals surface area contributed by atoms with Crippen LogP contribution in [-0.4, -0.2) is 22.7 Å². The van der Waals surface area contributed by atoms with Crippen molar-refractivity contribution < 1.29 is 4.79 Å². The molecular formula is C22H23N3OS. The number of benzene rings is 1. The van der Waals surface area contributed by atoms with Gasteiger partial charge in [0.1, 0.15) is 11.1 Å². The Morgan fingerprint density at radius 1 is 1.26 bits per heavy atom. The van der Waals surface area contributed by atoms with Crippen LogP contribution < -0.4 is 4.90 Å². The Hall–Kier alpha value is -2.32. The van der Waals surface area contributed by atoms with Gasteiger partial charge in [-0.2, -0.15) is 5.26 Å². The zero-order valence-electron chi connectivity index (χ0n) is 15.6. The van der Waals surface area contributed by atoms with E-state index in [9.17, 15) is 10.1 Å². The summed E-state index contributed by atoms with van der Waals surface area (Å²) >= 11 is 1.40. The lowest BCUT2D eigenvalue weighted by Crippen LogP contribution is -2.43. The van der Waals surface area contributed by atoms with Crippen LogP contribution in [-0.2, 0) is 24.1 Å². The first-order valence-electron chi connectivity index (χ1n) is 9.63. The molecule has 1 aromatic carbocycles. The number of hydrogen-bond donors (Lipinski definition) is 0. The zero-order chi connectivity index (χ0) is 18.8. The molecule has 0 saturated carbocycles. The third-order valence-corrected chi connectivity index (χ3v) is 6.49. The third kappa shape index (κ3) is 3.59. The van der Waals surface area contributed by atoms with E-state index in [4.69, 9.17) is 4.98 Å². The van der Waals surface area contributed by atoms with Crippen LogP contribution in [0.2, 0.25) is 0 Å². The fraction of sp³-hybridized carbons (Fsp3) is 0.409. The molecule has 1 aliphatic heterocycles. The highest BCUT2D eigenvalue weighted by molar-refractivity contribution is 8.00. The van der Waals surface area contributed by atoms with Crippen LogP contribution >= 0.6 is 11.8 Å². The van der Waals surface area contributed by atoms with Crippen molar-refractivity contribution >= 4 is 23.4 Å². The fourth-order valence-corrected chi connectivity index (χ4v) is 4.91. The number of nitrogens with zero attached hydrogens (tertiary/aromatic N) is 3. The minimum absolute atomic E-state index is 0.0862. The summed E-state index contributed by atoms with van der Waals surface area (Å²) in [6.07, 6.45) is 6.28. The van der Waals surface area contributed by atoms with E-state index < -0.39 is 0 Å². The molecule has 4 rings (SSSR count). The highest BCUT2D eigenvalue weighted by Crippen LogP contribution is 2.32. The number of thioether (sulfide) groups is 1. The Morgan fingerprint density at radius 2 is 2.07 bits per heavy atom. The average Bonchev–Trinajstić information content (AvgIpc) is 2.71. The number of carbonyl (C=O) groups is 1. The average molecular weight is 378 g/mol. The van der Waals surface area contributed by atoms with Crippen molar-refractivity contribution in [3.8, 4) is 6.07 Å². The summed E-state index contributed by atoms with van der Waals surface area (Å²) < 4.78 is 0. The number of carbonyl (C=O) groups excluding carboxylic acids is 1. The molecule has 2 aromatic rings. The molecule has 27 heavy (non-hydrogen) atoms. The molecule has 1 aliphatic carbocycles. The van der Waals surface area contributed by atoms with E-state index in [0.717, 1.165) is 49.9 Å². The number of anilines is 1. The molecule has 0 saturated heterocycles. The van der Waals surface area contributed by atoms with Gasteiger partial charge in [-0.05, 0) is 68.7 Å². The van der Waals surface area contributed by atoms with Crippen LogP contribution in [0.3, 0.4) is 0 Å². The lowest BCUT2D eigenvalue weighted by molar-refractivity contribution is -0.116. The largest absolute Gasteiger partial charge is 0.309 e. The number of hydrogen-bond acceptors (Lipinski definition) is 4. The first kappa shape index (κ1) is 18.1. The first-order valence-corrected chi connectivity index (χ1v) is 10.6. The van der Waals surface area contributed by atoms with Crippen LogP contribution in [0.15, 0.2) is 35.4 Å². The van der Waals surface area contributed by atoms with Gasteiger partial charge in [-0.3, -0.25) is 4.79 Å². The maximum absolute atomic E-state index is 13.0. The third-order valence-electron chi connectivity index (χ3n) is 5.51. The van der Waals surface area contributed by atoms with Gasteiger partial charge >= 0.3 is 0 Å². The summed E-state index contributed by atoms with van der Waals surface area (Å²) in [6.45, 7) is 2.11. The molecule has 1 aromatic heterocycles. The van der Waals surface area contributed by atoms with E-state index in [1.807, 2.05) is 29.2 Å². The predicted octanol–water partition coefficient (Wildman–Crippen LogP) is 4.29. The second-order valence-corrected chi connectivity index (χ2v) is 8.30. The molecule has 0 bridgehead atoms. The van der Waals surface area contributed by atoms with Crippen molar-refractivity contribution in [3.05, 3.63) is 52.7 Å². The van der Waals surface area contributed by atoms with Gasteiger partial charge in [-0.1, -0.05) is 30.0 Å². The molecule has 2 aliphatic rings. The molecule has 0 N–H and O–H groups in total. The fourth-order valence-electron chi connectivity index (χ4n) is 4.07. The number of para-hydroxylation sites is 1. The van der Waals surface area contributed by atoms with Gasteiger partial charge in [0.2, 0.25) is 5.91 Å². The molecule has 2 heterocycles. The summed E-state index contributed by atoms with van der Waals surface area (Å²) in [7, 11) is 0. The molecule has 1 unspecified atom stereocenters. The van der Waals surface area contributed by atoms with Gasteiger partial charge in [-0.25, -0.2) is 4.98 Å². The maximum atomic E-state index is 13.0. The number of rotatable bonds is 3. The normalized spacial score (nSPS) is 18.4. The van der Waals surface area contributed by atoms with Gasteiger partial charge in [0.15, 0.2) is 0 Å². The second-order valence-electron chi connectivity index (χ2n) is 7.33. The minimum Gasteiger partial charge on any atom is -0.309 e. The number of aromatic nitrogens is 1. The molecule has 1 amide bonds. The molecular weight excluding hydrogens is 354 g/mol. The van der Waals surface area contributed by atoms with E-state index in [2.05, 4.69) is 19.1 Å². The van der Waals surface area contributed by atoms with Crippen molar-refractivity contribution in [3.63, 3.8) is 0 Å². The highest BCUT2D eigenvalue weighted by atomic mass is 32.2. The smallest absolute Gasteiger partial charge is 0.237 e. The summed E-state index contributed by atoms with van der Waals surface area (Å²) in [5.74, 6) is 0.391. The molecule has 5 heteroatoms. The summed E-state index contributed by atoms with van der Waals surface area (Å²) in [4.78, 5) is 19.7. The number of nitriles is 1. The molecule has 0 spiro atoms. The number of pyridine rings is 1. The van der Waals surface area contributed by atoms with Crippen LogP contribution in [0.5, 0.6) is 0 Å². The van der Waals surface area contributed by atoms with Gasteiger partial charge in [0.25, 0.3) is 0 Å². The predicted molar refractivity (Wildman–Crippen MR) is 108 cm³/mol. The van der Waals surface area contributed by atoms with Crippen LogP contribution in [0.25, 0.3) is 0 Å². The lowest BCUT2D eigenvalue weighted by Gasteiger charge is -2.35. The highest BCUT2D eigenvalue weighted by Gasteiger charge is 2.28. The molecule has 0 fully saturated rings. The topological polar surface area (TPSA) is 57.0 Å². The second kappa shape index (κ2) is 7.74. The van der Waals surface area contributed by atoms with Crippen LogP contribution in [0.1, 0.15) is 48.6 Å². The van der Waals surface area contributed by atoms with Gasteiger partial charge in [-0.15, -0.1) is 0 Å². The van der Waals surface area contributed by atoms with E-state index in [1.54, 1.807) is 0 Å². The van der Waals surface area contributed by atoms with E-state index in [0.29, 0.717) is 16.3 Å². The molecule has 138 valence electrons. The maximum Gasteiger partial charge on any atom is 0.237 e. The minimum atomic E-state index is 0.0862. The van der Waals surface area contributed by atoms with Crippen molar-refractivity contribution in [1.82, 2.24) is 4.98 Å². The number of fused-ring (bicyclic) bond motifs is 2. The monoisotopic (exact) mass is 377 g/mol. The Bertz CT molecular complexity index is 918. The van der Waals surface area contributed by atoms with E-state index in [1.165, 1.54) is 22.9 Å². The zero-order valence-corrected chi connectivity index (χ0v) is 16.4. The van der Waals surface area contributed by atoms with E-state index in [-0.39, 0.29) is 11.9 Å². The Kier molecular flexibility index (Phi) is 5.18. The Balaban J connectivity index is 1.54. The summed E-state index contributed by atoms with van der Waals surface area (Å²) in [5.41, 5.74) is 5.17. The van der Waals surface area contributed by atoms with Crippen LogP contribution in [0, 0.1) is 11.3 Å².